The molecule has 106 valence electrons. The number of benzene rings is 1. The molecule has 5 nitrogen and oxygen atoms in total. The van der Waals surface area contributed by atoms with Gasteiger partial charge in [0.1, 0.15) is 11.9 Å². The molecule has 0 aliphatic heterocycles. The van der Waals surface area contributed by atoms with Gasteiger partial charge in [0, 0.05) is 10.0 Å². The topological polar surface area (TPSA) is 87.0 Å². The molecule has 0 aliphatic rings. The van der Waals surface area contributed by atoms with Crippen LogP contribution in [0, 0.1) is 0 Å². The summed E-state index contributed by atoms with van der Waals surface area (Å²) in [6.07, 6.45) is -9.33. The molecule has 0 aromatic heterocycles. The fourth-order valence-electron chi connectivity index (χ4n) is 1.27. The fraction of sp³-hybridized carbons (Fsp3) is 0.300. The van der Waals surface area contributed by atoms with Gasteiger partial charge in [0.25, 0.3) is 0 Å². The Bertz CT molecular complexity index is 477. The Morgan fingerprint density at radius 2 is 1.89 bits per heavy atom. The van der Waals surface area contributed by atoms with Gasteiger partial charge in [-0.15, -0.1) is 13.2 Å². The first-order valence-electron chi connectivity index (χ1n) is 4.76. The normalized spacial score (nSPS) is 14.8. The van der Waals surface area contributed by atoms with Crippen molar-refractivity contribution in [1.29, 1.82) is 0 Å². The van der Waals surface area contributed by atoms with Gasteiger partial charge in [0.05, 0.1) is 0 Å². The Morgan fingerprint density at radius 3 is 2.37 bits per heavy atom. The summed E-state index contributed by atoms with van der Waals surface area (Å²) in [5, 5.41) is 27.2. The molecule has 0 heterocycles. The predicted octanol–water partition coefficient (Wildman–Crippen LogP) is 1.83. The maximum absolute atomic E-state index is 12.2. The van der Waals surface area contributed by atoms with Crippen LogP contribution >= 0.6 is 15.9 Å². The van der Waals surface area contributed by atoms with Gasteiger partial charge in [-0.3, -0.25) is 0 Å². The van der Waals surface area contributed by atoms with Gasteiger partial charge in [-0.25, -0.2) is 4.79 Å². The second-order valence-electron chi connectivity index (χ2n) is 3.46. The Hall–Kier alpha value is -1.32. The monoisotopic (exact) mass is 344 g/mol. The Labute approximate surface area is 113 Å². The standard InChI is InChI=1S/C10H8BrF3O5/c11-4-1-2-5(7(15)8(16)9(17)18)6(3-4)19-10(12,13)14/h1-3,7-8,15-16H,(H,17,18). The quantitative estimate of drug-likeness (QED) is 0.775. The van der Waals surface area contributed by atoms with Crippen LogP contribution in [0.15, 0.2) is 22.7 Å². The van der Waals surface area contributed by atoms with E-state index in [9.17, 15) is 23.1 Å². The Kier molecular flexibility index (Phi) is 4.77. The number of carboxylic acid groups (broad SMARTS) is 1. The minimum atomic E-state index is -5.01. The van der Waals surface area contributed by atoms with Crippen molar-refractivity contribution in [3.05, 3.63) is 28.2 Å². The van der Waals surface area contributed by atoms with Crippen LogP contribution in [0.1, 0.15) is 11.7 Å². The molecule has 0 spiro atoms. The molecule has 0 saturated carbocycles. The first-order chi connectivity index (χ1) is 8.61. The van der Waals surface area contributed by atoms with Gasteiger partial charge in [-0.2, -0.15) is 0 Å². The van der Waals surface area contributed by atoms with E-state index in [0.29, 0.717) is 0 Å². The molecule has 2 unspecified atom stereocenters. The summed E-state index contributed by atoms with van der Waals surface area (Å²) in [6.45, 7) is 0. The minimum Gasteiger partial charge on any atom is -0.479 e. The molecule has 0 saturated heterocycles. The first kappa shape index (κ1) is 15.7. The molecular weight excluding hydrogens is 337 g/mol. The van der Waals surface area contributed by atoms with Crippen LogP contribution in [-0.2, 0) is 4.79 Å². The summed E-state index contributed by atoms with van der Waals surface area (Å²) < 4.78 is 40.4. The molecule has 9 heteroatoms. The SMILES string of the molecule is O=C(O)C(O)C(O)c1ccc(Br)cc1OC(F)(F)F. The van der Waals surface area contributed by atoms with Crippen molar-refractivity contribution >= 4 is 21.9 Å². The zero-order valence-corrected chi connectivity index (χ0v) is 10.6. The number of ether oxygens (including phenoxy) is 1. The van der Waals surface area contributed by atoms with E-state index < -0.39 is 35.9 Å². The lowest BCUT2D eigenvalue weighted by Gasteiger charge is -2.19. The van der Waals surface area contributed by atoms with E-state index in [-0.39, 0.29) is 4.47 Å². The lowest BCUT2D eigenvalue weighted by atomic mass is 10.0. The van der Waals surface area contributed by atoms with Crippen LogP contribution in [0.3, 0.4) is 0 Å². The van der Waals surface area contributed by atoms with E-state index in [1.54, 1.807) is 0 Å². The molecule has 2 atom stereocenters. The van der Waals surface area contributed by atoms with E-state index in [2.05, 4.69) is 20.7 Å². The van der Waals surface area contributed by atoms with Crippen LogP contribution < -0.4 is 4.74 Å². The van der Waals surface area contributed by atoms with Crippen LogP contribution in [0.25, 0.3) is 0 Å². The van der Waals surface area contributed by atoms with Crippen LogP contribution in [-0.4, -0.2) is 33.8 Å². The number of aliphatic hydroxyl groups excluding tert-OH is 2. The maximum Gasteiger partial charge on any atom is 0.573 e. The average Bonchev–Trinajstić information content (AvgIpc) is 2.25. The van der Waals surface area contributed by atoms with Crippen molar-refractivity contribution in [3.63, 3.8) is 0 Å². The number of rotatable bonds is 4. The summed E-state index contributed by atoms with van der Waals surface area (Å²) in [7, 11) is 0. The summed E-state index contributed by atoms with van der Waals surface area (Å²) in [5.41, 5.74) is -0.490. The van der Waals surface area contributed by atoms with Crippen LogP contribution in [0.2, 0.25) is 0 Å². The van der Waals surface area contributed by atoms with Crippen LogP contribution in [0.4, 0.5) is 13.2 Å². The lowest BCUT2D eigenvalue weighted by Crippen LogP contribution is -2.28. The van der Waals surface area contributed by atoms with Gasteiger partial charge in [0.2, 0.25) is 0 Å². The molecule has 0 radical (unpaired) electrons. The summed E-state index contributed by atoms with van der Waals surface area (Å²) >= 11 is 2.91. The molecule has 0 amide bonds. The van der Waals surface area contributed by atoms with Crippen molar-refractivity contribution in [2.75, 3.05) is 0 Å². The van der Waals surface area contributed by atoms with Gasteiger partial charge in [-0.1, -0.05) is 22.0 Å². The van der Waals surface area contributed by atoms with E-state index in [1.807, 2.05) is 0 Å². The van der Waals surface area contributed by atoms with Crippen LogP contribution in [0.5, 0.6) is 5.75 Å². The smallest absolute Gasteiger partial charge is 0.479 e. The second kappa shape index (κ2) is 5.76. The largest absolute Gasteiger partial charge is 0.573 e. The molecule has 1 aromatic carbocycles. The first-order valence-corrected chi connectivity index (χ1v) is 5.55. The van der Waals surface area contributed by atoms with Crippen molar-refractivity contribution in [2.45, 2.75) is 18.6 Å². The zero-order chi connectivity index (χ0) is 14.8. The zero-order valence-electron chi connectivity index (χ0n) is 9.06. The Balaban J connectivity index is 3.16. The minimum absolute atomic E-state index is 0.229. The Morgan fingerprint density at radius 1 is 1.32 bits per heavy atom. The molecule has 0 aliphatic carbocycles. The number of alkyl halides is 3. The average molecular weight is 345 g/mol. The van der Waals surface area contributed by atoms with E-state index in [1.165, 1.54) is 6.07 Å². The number of carbonyl (C=O) groups is 1. The molecule has 1 rings (SSSR count). The fourth-order valence-corrected chi connectivity index (χ4v) is 1.61. The van der Waals surface area contributed by atoms with Gasteiger partial charge >= 0.3 is 12.3 Å². The highest BCUT2D eigenvalue weighted by Crippen LogP contribution is 2.34. The molecule has 0 fully saturated rings. The van der Waals surface area contributed by atoms with Crippen molar-refractivity contribution < 1.29 is 38.0 Å². The summed E-state index contributed by atoms with van der Waals surface area (Å²) in [4.78, 5) is 10.5. The summed E-state index contributed by atoms with van der Waals surface area (Å²) in [6, 6.07) is 3.19. The number of carboxylic acids is 1. The number of hydrogen-bond acceptors (Lipinski definition) is 4. The van der Waals surface area contributed by atoms with Crippen molar-refractivity contribution in [3.8, 4) is 5.75 Å². The highest BCUT2D eigenvalue weighted by molar-refractivity contribution is 9.10. The third-order valence-corrected chi connectivity index (χ3v) is 2.57. The molecule has 1 aromatic rings. The predicted molar refractivity (Wildman–Crippen MR) is 59.4 cm³/mol. The van der Waals surface area contributed by atoms with E-state index in [0.717, 1.165) is 12.1 Å². The summed E-state index contributed by atoms with van der Waals surface area (Å²) in [5.74, 6) is -2.57. The van der Waals surface area contributed by atoms with Crippen molar-refractivity contribution in [2.24, 2.45) is 0 Å². The molecule has 0 bridgehead atoms. The molecule has 3 N–H and O–H groups in total. The van der Waals surface area contributed by atoms with Gasteiger partial charge < -0.3 is 20.1 Å². The van der Waals surface area contributed by atoms with E-state index >= 15 is 0 Å². The highest BCUT2D eigenvalue weighted by Gasteiger charge is 2.35. The number of aliphatic carboxylic acids is 1. The second-order valence-corrected chi connectivity index (χ2v) is 4.37. The number of halogens is 4. The third-order valence-electron chi connectivity index (χ3n) is 2.07. The maximum atomic E-state index is 12.2. The number of aliphatic hydroxyl groups is 2. The number of hydrogen-bond donors (Lipinski definition) is 3. The molecular formula is C10H8BrF3O5. The van der Waals surface area contributed by atoms with Gasteiger partial charge in [-0.05, 0) is 12.1 Å². The van der Waals surface area contributed by atoms with Crippen molar-refractivity contribution in [1.82, 2.24) is 0 Å². The lowest BCUT2D eigenvalue weighted by molar-refractivity contribution is -0.275. The molecule has 19 heavy (non-hydrogen) atoms. The third kappa shape index (κ3) is 4.37. The van der Waals surface area contributed by atoms with E-state index in [4.69, 9.17) is 10.2 Å². The van der Waals surface area contributed by atoms with Gasteiger partial charge in [0.15, 0.2) is 6.10 Å². The highest BCUT2D eigenvalue weighted by atomic mass is 79.9.